The lowest BCUT2D eigenvalue weighted by atomic mass is 10.1. The van der Waals surface area contributed by atoms with Crippen molar-refractivity contribution in [2.45, 2.75) is 19.1 Å². The summed E-state index contributed by atoms with van der Waals surface area (Å²) in [7, 11) is 1.99. The largest absolute Gasteiger partial charge is 0.369 e. The number of hydrogen-bond acceptors (Lipinski definition) is 7. The molecule has 0 saturated heterocycles. The van der Waals surface area contributed by atoms with E-state index in [1.54, 1.807) is 12.5 Å². The van der Waals surface area contributed by atoms with Gasteiger partial charge in [-0.25, -0.2) is 9.97 Å². The van der Waals surface area contributed by atoms with Gasteiger partial charge in [-0.3, -0.25) is 9.67 Å². The van der Waals surface area contributed by atoms with Crippen molar-refractivity contribution in [3.63, 3.8) is 0 Å². The molecule has 5 rings (SSSR count). The summed E-state index contributed by atoms with van der Waals surface area (Å²) >= 11 is 0. The lowest BCUT2D eigenvalue weighted by molar-refractivity contribution is 0.567. The van der Waals surface area contributed by atoms with Crippen LogP contribution in [0.25, 0.3) is 23.2 Å². The average molecular weight is 398 g/mol. The molecule has 1 unspecified atom stereocenters. The first kappa shape index (κ1) is 18.3. The molecule has 3 N–H and O–H groups in total. The third kappa shape index (κ3) is 3.27. The van der Waals surface area contributed by atoms with Crippen LogP contribution in [0.4, 0.5) is 11.5 Å². The molecule has 1 aromatic carbocycles. The third-order valence-electron chi connectivity index (χ3n) is 5.24. The van der Waals surface area contributed by atoms with E-state index in [1.165, 1.54) is 0 Å². The van der Waals surface area contributed by atoms with Crippen LogP contribution in [-0.2, 0) is 6.54 Å². The van der Waals surface area contributed by atoms with Crippen LogP contribution < -0.4 is 26.5 Å². The summed E-state index contributed by atoms with van der Waals surface area (Å²) in [6.07, 6.45) is 10.9. The van der Waals surface area contributed by atoms with E-state index in [9.17, 15) is 0 Å². The maximum absolute atomic E-state index is 6.25. The second-order valence-corrected chi connectivity index (χ2v) is 7.68. The maximum Gasteiger partial charge on any atom is 0.143 e. The van der Waals surface area contributed by atoms with E-state index in [-0.39, 0.29) is 0 Å². The summed E-state index contributed by atoms with van der Waals surface area (Å²) in [5.41, 5.74) is 8.80. The van der Waals surface area contributed by atoms with Gasteiger partial charge in [-0.05, 0) is 42.8 Å². The molecule has 0 spiro atoms. The second-order valence-electron chi connectivity index (χ2n) is 7.68. The number of pyridine rings is 1. The summed E-state index contributed by atoms with van der Waals surface area (Å²) in [5.74, 6) is 0.802. The first-order valence-corrected chi connectivity index (χ1v) is 9.69. The Morgan fingerprint density at radius 1 is 1.20 bits per heavy atom. The summed E-state index contributed by atoms with van der Waals surface area (Å²) in [5, 5.41) is 10.5. The first-order chi connectivity index (χ1) is 14.5. The van der Waals surface area contributed by atoms with Crippen LogP contribution in [-0.4, -0.2) is 37.4 Å². The van der Waals surface area contributed by atoms with Crippen LogP contribution in [0.3, 0.4) is 0 Å². The molecule has 0 fully saturated rings. The smallest absolute Gasteiger partial charge is 0.143 e. The predicted molar refractivity (Wildman–Crippen MR) is 117 cm³/mol. The molecule has 1 atom stereocenters. The van der Waals surface area contributed by atoms with Gasteiger partial charge >= 0.3 is 0 Å². The van der Waals surface area contributed by atoms with Crippen molar-refractivity contribution in [1.82, 2.24) is 30.0 Å². The molecule has 0 amide bonds. The molecular formula is C22H22N8. The van der Waals surface area contributed by atoms with Crippen LogP contribution >= 0.6 is 0 Å². The zero-order chi connectivity index (χ0) is 20.7. The molecule has 1 aliphatic heterocycles. The van der Waals surface area contributed by atoms with Crippen molar-refractivity contribution in [2.24, 2.45) is 5.73 Å². The number of nitrogens with two attached hydrogens (primary N) is 1. The van der Waals surface area contributed by atoms with Gasteiger partial charge in [0, 0.05) is 41.9 Å². The minimum absolute atomic E-state index is 0.648. The van der Waals surface area contributed by atoms with Crippen molar-refractivity contribution in [3.8, 4) is 0 Å². The van der Waals surface area contributed by atoms with Crippen LogP contribution in [0.5, 0.6) is 0 Å². The number of hydrogen-bond donors (Lipinski definition) is 2. The Morgan fingerprint density at radius 3 is 2.93 bits per heavy atom. The van der Waals surface area contributed by atoms with Gasteiger partial charge in [-0.15, -0.1) is 0 Å². The topological polar surface area (TPSA) is 97.8 Å². The van der Waals surface area contributed by atoms with E-state index in [2.05, 4.69) is 49.6 Å². The van der Waals surface area contributed by atoms with Gasteiger partial charge in [0.1, 0.15) is 17.8 Å². The van der Waals surface area contributed by atoms with E-state index in [0.29, 0.717) is 6.54 Å². The van der Waals surface area contributed by atoms with Gasteiger partial charge in [-0.1, -0.05) is 6.07 Å². The Bertz CT molecular complexity index is 1340. The van der Waals surface area contributed by atoms with E-state index >= 15 is 0 Å². The fourth-order valence-electron chi connectivity index (χ4n) is 3.68. The van der Waals surface area contributed by atoms with E-state index in [0.717, 1.165) is 38.5 Å². The monoisotopic (exact) mass is 398 g/mol. The van der Waals surface area contributed by atoms with E-state index in [4.69, 9.17) is 5.73 Å². The molecular weight excluding hydrogens is 376 g/mol. The van der Waals surface area contributed by atoms with Crippen molar-refractivity contribution >= 4 is 34.7 Å². The number of fused-ring (bicyclic) bond motifs is 2. The molecule has 4 aromatic rings. The van der Waals surface area contributed by atoms with E-state index in [1.807, 2.05) is 54.3 Å². The van der Waals surface area contributed by atoms with Crippen molar-refractivity contribution in [1.29, 1.82) is 0 Å². The van der Waals surface area contributed by atoms with Crippen LogP contribution in [0, 0.1) is 0 Å². The summed E-state index contributed by atoms with van der Waals surface area (Å²) in [4.78, 5) is 15.1. The van der Waals surface area contributed by atoms with Gasteiger partial charge < -0.3 is 16.0 Å². The fraction of sp³-hybridized carbons (Fsp3) is 0.182. The highest BCUT2D eigenvalue weighted by molar-refractivity contribution is 5.84. The Labute approximate surface area is 173 Å². The highest BCUT2D eigenvalue weighted by Crippen LogP contribution is 2.25. The highest BCUT2D eigenvalue weighted by Gasteiger charge is 2.19. The van der Waals surface area contributed by atoms with Crippen LogP contribution in [0.15, 0.2) is 55.2 Å². The van der Waals surface area contributed by atoms with Gasteiger partial charge in [-0.2, -0.15) is 5.10 Å². The summed E-state index contributed by atoms with van der Waals surface area (Å²) < 4.78 is 1.98. The molecule has 3 aromatic heterocycles. The van der Waals surface area contributed by atoms with Crippen molar-refractivity contribution in [3.05, 3.63) is 71.4 Å². The average Bonchev–Trinajstić information content (AvgIpc) is 3.15. The number of rotatable bonds is 4. The van der Waals surface area contributed by atoms with Gasteiger partial charge in [0.25, 0.3) is 0 Å². The normalized spacial score (nSPS) is 17.6. The lowest BCUT2D eigenvalue weighted by Crippen LogP contribution is -2.54. The number of anilines is 2. The van der Waals surface area contributed by atoms with Crippen molar-refractivity contribution in [2.75, 3.05) is 11.9 Å². The highest BCUT2D eigenvalue weighted by atomic mass is 15.3. The number of aromatic nitrogens is 5. The molecule has 4 heterocycles. The molecule has 0 bridgehead atoms. The Morgan fingerprint density at radius 2 is 2.10 bits per heavy atom. The van der Waals surface area contributed by atoms with E-state index < -0.39 is 5.66 Å². The fourth-order valence-corrected chi connectivity index (χ4v) is 3.68. The van der Waals surface area contributed by atoms with Gasteiger partial charge in [0.2, 0.25) is 0 Å². The summed E-state index contributed by atoms with van der Waals surface area (Å²) in [6, 6.07) is 10.3. The minimum atomic E-state index is -0.648. The molecule has 0 aliphatic carbocycles. The number of nitrogens with one attached hydrogen (secondary N) is 1. The molecule has 1 aliphatic rings. The lowest BCUT2D eigenvalue weighted by Gasteiger charge is -2.26. The van der Waals surface area contributed by atoms with Gasteiger partial charge in [0.05, 0.1) is 23.6 Å². The van der Waals surface area contributed by atoms with Crippen LogP contribution in [0.2, 0.25) is 0 Å². The molecule has 0 radical (unpaired) electrons. The maximum atomic E-state index is 6.25. The van der Waals surface area contributed by atoms with Crippen molar-refractivity contribution < 1.29 is 0 Å². The third-order valence-corrected chi connectivity index (χ3v) is 5.24. The standard InChI is InChI=1S/C22H22N8/c1-22(23)9-18-19(12-27-22)25-14-26-21(18)29(2)17-5-6-20-16(8-17)11-28-30(20)13-15-4-3-7-24-10-15/h3-12,14,27H,13,23H2,1-2H3. The van der Waals surface area contributed by atoms with Gasteiger partial charge in [0.15, 0.2) is 0 Å². The zero-order valence-electron chi connectivity index (χ0n) is 16.8. The minimum Gasteiger partial charge on any atom is -0.369 e. The summed E-state index contributed by atoms with van der Waals surface area (Å²) in [6.45, 7) is 2.59. The molecule has 30 heavy (non-hydrogen) atoms. The number of benzene rings is 1. The molecule has 150 valence electrons. The zero-order valence-corrected chi connectivity index (χ0v) is 16.8. The Hall–Kier alpha value is -3.78. The Kier molecular flexibility index (Phi) is 4.22. The SMILES string of the molecule is CN(c1ccc2c(cnn2Cc2cccnc2)c1)c1ncnc2c1=CC(C)(N)NC=2. The predicted octanol–water partition coefficient (Wildman–Crippen LogP) is 0.834. The quantitative estimate of drug-likeness (QED) is 0.526. The number of nitrogens with zero attached hydrogens (tertiary/aromatic N) is 6. The van der Waals surface area contributed by atoms with Crippen LogP contribution in [0.1, 0.15) is 12.5 Å². The second kappa shape index (κ2) is 6.93. The molecule has 0 saturated carbocycles. The molecule has 8 heteroatoms. The first-order valence-electron chi connectivity index (χ1n) is 9.69. The Balaban J connectivity index is 1.53. The molecule has 8 nitrogen and oxygen atoms in total.